The highest BCUT2D eigenvalue weighted by atomic mass is 35.5. The second-order valence-electron chi connectivity index (χ2n) is 6.44. The average molecular weight is 393 g/mol. The molecule has 140 valence electrons. The third-order valence-electron chi connectivity index (χ3n) is 4.69. The minimum absolute atomic E-state index is 0.0644. The molecule has 2 aromatic heterocycles. The van der Waals surface area contributed by atoms with E-state index in [1.54, 1.807) is 36.7 Å². The summed E-state index contributed by atoms with van der Waals surface area (Å²) in [5.41, 5.74) is 2.64. The smallest absolute Gasteiger partial charge is 0.279 e. The minimum atomic E-state index is -0.384. The lowest BCUT2D eigenvalue weighted by molar-refractivity contribution is 0.658. The van der Waals surface area contributed by atoms with Crippen LogP contribution in [0.2, 0.25) is 5.02 Å². The maximum absolute atomic E-state index is 13.0. The van der Waals surface area contributed by atoms with E-state index in [1.165, 1.54) is 13.6 Å². The molecule has 6 nitrogen and oxygen atoms in total. The zero-order valence-corrected chi connectivity index (χ0v) is 15.9. The van der Waals surface area contributed by atoms with Crippen molar-refractivity contribution in [1.29, 1.82) is 0 Å². The molecule has 0 saturated carbocycles. The quantitative estimate of drug-likeness (QED) is 0.535. The van der Waals surface area contributed by atoms with Crippen molar-refractivity contribution in [2.24, 2.45) is 0 Å². The number of hydrogen-bond acceptors (Lipinski definition) is 3. The van der Waals surface area contributed by atoms with Crippen LogP contribution in [0.5, 0.6) is 0 Å². The highest BCUT2D eigenvalue weighted by Gasteiger charge is 2.14. The molecule has 2 aromatic carbocycles. The number of nitrogens with zero attached hydrogens (tertiary/aromatic N) is 4. The number of benzene rings is 2. The van der Waals surface area contributed by atoms with Gasteiger partial charge in [0.05, 0.1) is 12.2 Å². The molecular formula is C21H17ClN4O2. The third kappa shape index (κ3) is 2.97. The number of rotatable bonds is 4. The molecule has 0 aliphatic carbocycles. The summed E-state index contributed by atoms with van der Waals surface area (Å²) in [5.74, 6) is 0. The Kier molecular flexibility index (Phi) is 4.49. The highest BCUT2D eigenvalue weighted by molar-refractivity contribution is 6.31. The first-order valence-corrected chi connectivity index (χ1v) is 9.05. The summed E-state index contributed by atoms with van der Waals surface area (Å²) in [5, 5.41) is 4.83. The normalized spacial score (nSPS) is 11.1. The molecule has 2 heterocycles. The standard InChI is InChI=1S/C21H17ClN4O2/c1-3-15-7-9-16(10-8-15)13-26-21(28)25-12-11-24(20(27)19(25)23-26)18-6-4-5-17(22)14(18)2/h3-12H,1,13H2,2H3. The van der Waals surface area contributed by atoms with Crippen LogP contribution in [0.3, 0.4) is 0 Å². The Balaban J connectivity index is 1.81. The predicted molar refractivity (Wildman–Crippen MR) is 110 cm³/mol. The molecule has 0 amide bonds. The number of fused-ring (bicyclic) bond motifs is 1. The van der Waals surface area contributed by atoms with Crippen molar-refractivity contribution in [1.82, 2.24) is 18.7 Å². The van der Waals surface area contributed by atoms with Crippen LogP contribution in [-0.4, -0.2) is 18.7 Å². The Labute approximate surface area is 165 Å². The zero-order chi connectivity index (χ0) is 19.8. The van der Waals surface area contributed by atoms with Gasteiger partial charge in [0.2, 0.25) is 5.65 Å². The van der Waals surface area contributed by atoms with Gasteiger partial charge in [0, 0.05) is 17.4 Å². The molecule has 0 N–H and O–H groups in total. The molecular weight excluding hydrogens is 376 g/mol. The maximum Gasteiger partial charge on any atom is 0.350 e. The largest absolute Gasteiger partial charge is 0.350 e. The SMILES string of the molecule is C=Cc1ccc(Cn2nc3c(=O)n(-c4cccc(Cl)c4C)ccn3c2=O)cc1. The molecule has 4 aromatic rings. The first-order valence-electron chi connectivity index (χ1n) is 8.67. The molecule has 0 atom stereocenters. The summed E-state index contributed by atoms with van der Waals surface area (Å²) in [7, 11) is 0. The van der Waals surface area contributed by atoms with Crippen molar-refractivity contribution in [3.8, 4) is 5.69 Å². The Morgan fingerprint density at radius 2 is 1.86 bits per heavy atom. The fourth-order valence-corrected chi connectivity index (χ4v) is 3.26. The van der Waals surface area contributed by atoms with Gasteiger partial charge in [-0.05, 0) is 35.7 Å². The molecule has 0 bridgehead atoms. The van der Waals surface area contributed by atoms with Gasteiger partial charge in [-0.25, -0.2) is 13.9 Å². The number of halogens is 1. The third-order valence-corrected chi connectivity index (χ3v) is 5.10. The van der Waals surface area contributed by atoms with Crippen LogP contribution in [-0.2, 0) is 6.54 Å². The molecule has 4 rings (SSSR count). The lowest BCUT2D eigenvalue weighted by Gasteiger charge is -2.09. The van der Waals surface area contributed by atoms with Gasteiger partial charge in [-0.15, -0.1) is 5.10 Å². The zero-order valence-electron chi connectivity index (χ0n) is 15.2. The number of hydrogen-bond donors (Lipinski definition) is 0. The molecule has 0 aliphatic rings. The molecule has 28 heavy (non-hydrogen) atoms. The monoisotopic (exact) mass is 392 g/mol. The summed E-state index contributed by atoms with van der Waals surface area (Å²) >= 11 is 6.18. The van der Waals surface area contributed by atoms with Crippen molar-refractivity contribution in [2.45, 2.75) is 13.5 Å². The first kappa shape index (κ1) is 18.0. The van der Waals surface area contributed by atoms with Gasteiger partial charge in [-0.1, -0.05) is 54.6 Å². The summed E-state index contributed by atoms with van der Waals surface area (Å²) in [6.45, 7) is 5.84. The van der Waals surface area contributed by atoms with Gasteiger partial charge in [-0.2, -0.15) is 0 Å². The van der Waals surface area contributed by atoms with Crippen molar-refractivity contribution >= 4 is 23.3 Å². The van der Waals surface area contributed by atoms with Gasteiger partial charge >= 0.3 is 11.2 Å². The van der Waals surface area contributed by atoms with E-state index in [1.807, 2.05) is 31.2 Å². The van der Waals surface area contributed by atoms with Crippen LogP contribution in [0.25, 0.3) is 17.4 Å². The topological polar surface area (TPSA) is 61.3 Å². The Hall–Kier alpha value is -3.38. The summed E-state index contributed by atoms with van der Waals surface area (Å²) in [6, 6.07) is 13.0. The van der Waals surface area contributed by atoms with Crippen LogP contribution < -0.4 is 11.2 Å². The summed E-state index contributed by atoms with van der Waals surface area (Å²) < 4.78 is 4.00. The molecule has 0 fully saturated rings. The Morgan fingerprint density at radius 3 is 2.57 bits per heavy atom. The first-order chi connectivity index (χ1) is 13.5. The molecule has 7 heteroatoms. The van der Waals surface area contributed by atoms with E-state index in [0.29, 0.717) is 10.7 Å². The van der Waals surface area contributed by atoms with Crippen LogP contribution in [0, 0.1) is 6.92 Å². The van der Waals surface area contributed by atoms with E-state index >= 15 is 0 Å². The average Bonchev–Trinajstić information content (AvgIpc) is 3.02. The van der Waals surface area contributed by atoms with E-state index < -0.39 is 0 Å². The second-order valence-corrected chi connectivity index (χ2v) is 6.84. The maximum atomic E-state index is 13.0. The molecule has 0 unspecified atom stereocenters. The lowest BCUT2D eigenvalue weighted by atomic mass is 10.1. The fourth-order valence-electron chi connectivity index (χ4n) is 3.09. The van der Waals surface area contributed by atoms with E-state index in [2.05, 4.69) is 11.7 Å². The van der Waals surface area contributed by atoms with Crippen LogP contribution in [0.1, 0.15) is 16.7 Å². The second kappa shape index (κ2) is 6.98. The highest BCUT2D eigenvalue weighted by Crippen LogP contribution is 2.21. The fraction of sp³-hybridized carbons (Fsp3) is 0.0952. The lowest BCUT2D eigenvalue weighted by Crippen LogP contribution is -2.24. The van der Waals surface area contributed by atoms with E-state index in [9.17, 15) is 9.59 Å². The van der Waals surface area contributed by atoms with Gasteiger partial charge < -0.3 is 0 Å². The van der Waals surface area contributed by atoms with Gasteiger partial charge in [0.1, 0.15) is 0 Å². The molecule has 0 saturated heterocycles. The van der Waals surface area contributed by atoms with Crippen molar-refractivity contribution in [3.05, 3.63) is 104 Å². The van der Waals surface area contributed by atoms with Gasteiger partial charge in [-0.3, -0.25) is 9.36 Å². The Morgan fingerprint density at radius 1 is 1.11 bits per heavy atom. The van der Waals surface area contributed by atoms with Crippen molar-refractivity contribution in [2.75, 3.05) is 0 Å². The number of aromatic nitrogens is 4. The Bertz CT molecular complexity index is 1310. The molecule has 0 radical (unpaired) electrons. The molecule has 0 spiro atoms. The van der Waals surface area contributed by atoms with Crippen LogP contribution in [0.15, 0.2) is 71.0 Å². The van der Waals surface area contributed by atoms with E-state index in [0.717, 1.165) is 16.7 Å². The van der Waals surface area contributed by atoms with E-state index in [-0.39, 0.29) is 23.4 Å². The van der Waals surface area contributed by atoms with Gasteiger partial charge in [0.15, 0.2) is 0 Å². The van der Waals surface area contributed by atoms with Crippen molar-refractivity contribution in [3.63, 3.8) is 0 Å². The van der Waals surface area contributed by atoms with Gasteiger partial charge in [0.25, 0.3) is 0 Å². The summed E-state index contributed by atoms with van der Waals surface area (Å²) in [4.78, 5) is 25.6. The molecule has 0 aliphatic heterocycles. The van der Waals surface area contributed by atoms with Crippen molar-refractivity contribution < 1.29 is 0 Å². The van der Waals surface area contributed by atoms with Crippen LogP contribution >= 0.6 is 11.6 Å². The minimum Gasteiger partial charge on any atom is -0.279 e. The summed E-state index contributed by atoms with van der Waals surface area (Å²) in [6.07, 6.45) is 4.85. The van der Waals surface area contributed by atoms with Crippen LogP contribution in [0.4, 0.5) is 0 Å². The predicted octanol–water partition coefficient (Wildman–Crippen LogP) is 3.30. The van der Waals surface area contributed by atoms with E-state index in [4.69, 9.17) is 11.6 Å².